The maximum Gasteiger partial charge on any atom is 0.332 e. The zero-order chi connectivity index (χ0) is 13.0. The molecule has 1 atom stereocenters. The maximum absolute atomic E-state index is 12.1. The highest BCUT2D eigenvalue weighted by atomic mass is 16.4. The molecule has 1 unspecified atom stereocenters. The number of nitrogens with one attached hydrogen (secondary N) is 1. The standard InChI is InChI=1S/C12H21N3O3/c16-11(17)9-10-5-4-8-15(10)12(18)13-14-6-2-1-3-7-14/h10H,1-9H2,(H,13,18)(H,16,17). The van der Waals surface area contributed by atoms with Crippen molar-refractivity contribution in [3.05, 3.63) is 0 Å². The molecule has 6 heteroatoms. The van der Waals surface area contributed by atoms with Gasteiger partial charge in [0, 0.05) is 25.7 Å². The van der Waals surface area contributed by atoms with Crippen LogP contribution in [0.3, 0.4) is 0 Å². The van der Waals surface area contributed by atoms with Gasteiger partial charge in [-0.3, -0.25) is 10.2 Å². The molecule has 0 aromatic rings. The number of rotatable bonds is 3. The molecule has 2 amide bonds. The van der Waals surface area contributed by atoms with E-state index in [1.54, 1.807) is 4.90 Å². The van der Waals surface area contributed by atoms with Gasteiger partial charge < -0.3 is 10.0 Å². The molecule has 2 aliphatic rings. The van der Waals surface area contributed by atoms with Gasteiger partial charge >= 0.3 is 12.0 Å². The summed E-state index contributed by atoms with van der Waals surface area (Å²) >= 11 is 0. The first-order valence-electron chi connectivity index (χ1n) is 6.71. The van der Waals surface area contributed by atoms with Crippen molar-refractivity contribution < 1.29 is 14.7 Å². The van der Waals surface area contributed by atoms with E-state index in [1.807, 2.05) is 5.01 Å². The van der Waals surface area contributed by atoms with Crippen LogP contribution in [0.4, 0.5) is 4.79 Å². The fraction of sp³-hybridized carbons (Fsp3) is 0.833. The molecule has 18 heavy (non-hydrogen) atoms. The van der Waals surface area contributed by atoms with Crippen LogP contribution in [-0.2, 0) is 4.79 Å². The highest BCUT2D eigenvalue weighted by Gasteiger charge is 2.31. The topological polar surface area (TPSA) is 72.9 Å². The van der Waals surface area contributed by atoms with Crippen LogP contribution in [-0.4, -0.2) is 52.7 Å². The Balaban J connectivity index is 1.84. The molecule has 2 saturated heterocycles. The van der Waals surface area contributed by atoms with E-state index >= 15 is 0 Å². The van der Waals surface area contributed by atoms with Gasteiger partial charge in [-0.1, -0.05) is 6.42 Å². The number of aliphatic carboxylic acids is 1. The number of amides is 2. The smallest absolute Gasteiger partial charge is 0.332 e. The fourth-order valence-electron chi connectivity index (χ4n) is 2.72. The van der Waals surface area contributed by atoms with Gasteiger partial charge in [0.05, 0.1) is 6.42 Å². The Morgan fingerprint density at radius 3 is 2.50 bits per heavy atom. The Bertz CT molecular complexity index is 316. The number of piperidine rings is 1. The van der Waals surface area contributed by atoms with Crippen molar-refractivity contribution in [2.24, 2.45) is 0 Å². The second-order valence-electron chi connectivity index (χ2n) is 5.05. The fourth-order valence-corrected chi connectivity index (χ4v) is 2.72. The summed E-state index contributed by atoms with van der Waals surface area (Å²) in [6.07, 6.45) is 5.17. The average molecular weight is 255 g/mol. The Kier molecular flexibility index (Phi) is 4.41. The largest absolute Gasteiger partial charge is 0.481 e. The van der Waals surface area contributed by atoms with E-state index < -0.39 is 5.97 Å². The van der Waals surface area contributed by atoms with Crippen molar-refractivity contribution in [1.29, 1.82) is 0 Å². The van der Waals surface area contributed by atoms with Gasteiger partial charge in [0.15, 0.2) is 0 Å². The van der Waals surface area contributed by atoms with Crippen LogP contribution in [0.2, 0.25) is 0 Å². The average Bonchev–Trinajstić information content (AvgIpc) is 2.77. The van der Waals surface area contributed by atoms with E-state index in [4.69, 9.17) is 5.11 Å². The van der Waals surface area contributed by atoms with E-state index in [0.717, 1.165) is 38.8 Å². The van der Waals surface area contributed by atoms with Gasteiger partial charge in [-0.15, -0.1) is 0 Å². The Hall–Kier alpha value is -1.30. The van der Waals surface area contributed by atoms with Gasteiger partial charge in [0.1, 0.15) is 0 Å². The lowest BCUT2D eigenvalue weighted by Crippen LogP contribution is -2.52. The quantitative estimate of drug-likeness (QED) is 0.790. The molecule has 0 bridgehead atoms. The molecule has 0 spiro atoms. The highest BCUT2D eigenvalue weighted by molar-refractivity contribution is 5.76. The summed E-state index contributed by atoms with van der Waals surface area (Å²) in [5.41, 5.74) is 2.89. The number of hydrogen-bond donors (Lipinski definition) is 2. The molecule has 102 valence electrons. The molecule has 2 aliphatic heterocycles. The molecule has 0 aromatic carbocycles. The van der Waals surface area contributed by atoms with Crippen LogP contribution < -0.4 is 5.43 Å². The van der Waals surface area contributed by atoms with Gasteiger partial charge in [-0.2, -0.15) is 0 Å². The molecule has 2 heterocycles. The summed E-state index contributed by atoms with van der Waals surface area (Å²) in [7, 11) is 0. The van der Waals surface area contributed by atoms with Gasteiger partial charge in [-0.25, -0.2) is 9.80 Å². The molecule has 0 radical (unpaired) electrons. The molecule has 0 aliphatic carbocycles. The number of carbonyl (C=O) groups is 2. The first-order valence-corrected chi connectivity index (χ1v) is 6.71. The molecule has 0 saturated carbocycles. The van der Waals surface area contributed by atoms with Crippen LogP contribution in [0.5, 0.6) is 0 Å². The third kappa shape index (κ3) is 3.35. The number of likely N-dealkylation sites (tertiary alicyclic amines) is 1. The SMILES string of the molecule is O=C(O)CC1CCCN1C(=O)NN1CCCCC1. The lowest BCUT2D eigenvalue weighted by atomic mass is 10.1. The van der Waals surface area contributed by atoms with Crippen molar-refractivity contribution in [3.63, 3.8) is 0 Å². The summed E-state index contributed by atoms with van der Waals surface area (Å²) in [6.45, 7) is 2.45. The van der Waals surface area contributed by atoms with Crippen LogP contribution in [0.15, 0.2) is 0 Å². The Morgan fingerprint density at radius 2 is 1.83 bits per heavy atom. The Labute approximate surface area is 107 Å². The first-order chi connectivity index (χ1) is 8.66. The van der Waals surface area contributed by atoms with Gasteiger partial charge in [0.2, 0.25) is 0 Å². The third-order valence-electron chi connectivity index (χ3n) is 3.66. The number of urea groups is 1. The molecule has 2 fully saturated rings. The van der Waals surface area contributed by atoms with Crippen LogP contribution in [0.25, 0.3) is 0 Å². The second-order valence-corrected chi connectivity index (χ2v) is 5.05. The van der Waals surface area contributed by atoms with Crippen molar-refractivity contribution in [2.75, 3.05) is 19.6 Å². The van der Waals surface area contributed by atoms with Crippen LogP contribution >= 0.6 is 0 Å². The summed E-state index contributed by atoms with van der Waals surface area (Å²) in [5.74, 6) is -0.835. The summed E-state index contributed by atoms with van der Waals surface area (Å²) in [4.78, 5) is 24.5. The number of nitrogens with zero attached hydrogens (tertiary/aromatic N) is 2. The zero-order valence-electron chi connectivity index (χ0n) is 10.6. The number of carbonyl (C=O) groups excluding carboxylic acids is 1. The number of hydrazine groups is 1. The van der Waals surface area contributed by atoms with Gasteiger partial charge in [0.25, 0.3) is 0 Å². The minimum absolute atomic E-state index is 0.0490. The van der Waals surface area contributed by atoms with Crippen molar-refractivity contribution >= 4 is 12.0 Å². The number of carboxylic acid groups (broad SMARTS) is 1. The van der Waals surface area contributed by atoms with E-state index in [1.165, 1.54) is 6.42 Å². The zero-order valence-corrected chi connectivity index (χ0v) is 10.6. The monoisotopic (exact) mass is 255 g/mol. The third-order valence-corrected chi connectivity index (χ3v) is 3.66. The number of hydrogen-bond acceptors (Lipinski definition) is 3. The van der Waals surface area contributed by atoms with E-state index in [-0.39, 0.29) is 18.5 Å². The lowest BCUT2D eigenvalue weighted by Gasteiger charge is -2.31. The Morgan fingerprint density at radius 1 is 1.11 bits per heavy atom. The van der Waals surface area contributed by atoms with Crippen LogP contribution in [0.1, 0.15) is 38.5 Å². The molecular weight excluding hydrogens is 234 g/mol. The van der Waals surface area contributed by atoms with Crippen molar-refractivity contribution in [3.8, 4) is 0 Å². The lowest BCUT2D eigenvalue weighted by molar-refractivity contribution is -0.137. The second kappa shape index (κ2) is 6.04. The highest BCUT2D eigenvalue weighted by Crippen LogP contribution is 2.20. The molecule has 0 aromatic heterocycles. The van der Waals surface area contributed by atoms with Gasteiger partial charge in [-0.05, 0) is 25.7 Å². The van der Waals surface area contributed by atoms with Crippen molar-refractivity contribution in [1.82, 2.24) is 15.3 Å². The number of carboxylic acids is 1. The predicted octanol–water partition coefficient (Wildman–Crippen LogP) is 1.04. The summed E-state index contributed by atoms with van der Waals surface area (Å²) in [6, 6.07) is -0.284. The maximum atomic E-state index is 12.1. The minimum atomic E-state index is -0.835. The summed E-state index contributed by atoms with van der Waals surface area (Å²) in [5, 5.41) is 10.8. The molecule has 6 nitrogen and oxygen atoms in total. The predicted molar refractivity (Wildman–Crippen MR) is 65.9 cm³/mol. The van der Waals surface area contributed by atoms with Crippen LogP contribution in [0, 0.1) is 0 Å². The van der Waals surface area contributed by atoms with Crippen molar-refractivity contribution in [2.45, 2.75) is 44.6 Å². The molecule has 2 rings (SSSR count). The summed E-state index contributed by atoms with van der Waals surface area (Å²) < 4.78 is 0. The normalized spacial score (nSPS) is 25.1. The molecular formula is C12H21N3O3. The minimum Gasteiger partial charge on any atom is -0.481 e. The molecule has 2 N–H and O–H groups in total. The van der Waals surface area contributed by atoms with E-state index in [9.17, 15) is 9.59 Å². The van der Waals surface area contributed by atoms with E-state index in [2.05, 4.69) is 5.43 Å². The first kappa shape index (κ1) is 13.1. The van der Waals surface area contributed by atoms with E-state index in [0.29, 0.717) is 6.54 Å².